The van der Waals surface area contributed by atoms with Crippen LogP contribution in [0.15, 0.2) is 17.4 Å². The Kier molecular flexibility index (Phi) is 4.09. The molecule has 0 saturated heterocycles. The van der Waals surface area contributed by atoms with Crippen LogP contribution in [0.1, 0.15) is 5.56 Å². The van der Waals surface area contributed by atoms with Crippen LogP contribution >= 0.6 is 0 Å². The SMILES string of the molecule is CNc1nc([S+](C)[O-])ncc1C=CC#N. The van der Waals surface area contributed by atoms with Crippen LogP contribution in [-0.2, 0) is 11.2 Å². The third-order valence-corrected chi connectivity index (χ3v) is 2.34. The van der Waals surface area contributed by atoms with E-state index in [4.69, 9.17) is 5.26 Å². The topological polar surface area (TPSA) is 84.7 Å². The first-order chi connectivity index (χ1) is 7.19. The molecule has 0 aromatic carbocycles. The Labute approximate surface area is 91.0 Å². The summed E-state index contributed by atoms with van der Waals surface area (Å²) in [7, 11) is 1.70. The molecule has 1 unspecified atom stereocenters. The predicted octanol–water partition coefficient (Wildman–Crippen LogP) is 0.792. The van der Waals surface area contributed by atoms with Crippen molar-refractivity contribution < 1.29 is 4.55 Å². The summed E-state index contributed by atoms with van der Waals surface area (Å²) in [4.78, 5) is 7.99. The van der Waals surface area contributed by atoms with E-state index in [0.29, 0.717) is 11.4 Å². The van der Waals surface area contributed by atoms with E-state index in [9.17, 15) is 4.55 Å². The van der Waals surface area contributed by atoms with Gasteiger partial charge >= 0.3 is 5.16 Å². The molecule has 0 bridgehead atoms. The predicted molar refractivity (Wildman–Crippen MR) is 58.6 cm³/mol. The van der Waals surface area contributed by atoms with Crippen molar-refractivity contribution in [3.05, 3.63) is 17.8 Å². The van der Waals surface area contributed by atoms with Gasteiger partial charge in [-0.05, 0) is 6.08 Å². The zero-order valence-electron chi connectivity index (χ0n) is 8.39. The fourth-order valence-electron chi connectivity index (χ4n) is 0.963. The molecule has 1 aromatic rings. The minimum Gasteiger partial charge on any atom is -0.609 e. The number of nitrogens with zero attached hydrogens (tertiary/aromatic N) is 3. The first-order valence-electron chi connectivity index (χ1n) is 4.13. The lowest BCUT2D eigenvalue weighted by Gasteiger charge is -2.06. The average molecular weight is 222 g/mol. The van der Waals surface area contributed by atoms with Gasteiger partial charge in [-0.25, -0.2) is 0 Å². The summed E-state index contributed by atoms with van der Waals surface area (Å²) in [6.07, 6.45) is 5.97. The van der Waals surface area contributed by atoms with Crippen molar-refractivity contribution in [3.8, 4) is 6.07 Å². The first kappa shape index (κ1) is 11.5. The van der Waals surface area contributed by atoms with Crippen molar-refractivity contribution in [2.75, 3.05) is 18.6 Å². The van der Waals surface area contributed by atoms with E-state index >= 15 is 0 Å². The van der Waals surface area contributed by atoms with E-state index in [0.717, 1.165) is 0 Å². The molecule has 0 radical (unpaired) electrons. The van der Waals surface area contributed by atoms with Crippen LogP contribution in [0.4, 0.5) is 5.82 Å². The fourth-order valence-corrected chi connectivity index (χ4v) is 1.38. The van der Waals surface area contributed by atoms with Gasteiger partial charge in [0.05, 0.1) is 6.07 Å². The second-order valence-electron chi connectivity index (χ2n) is 2.62. The highest BCUT2D eigenvalue weighted by Gasteiger charge is 2.10. The van der Waals surface area contributed by atoms with Crippen molar-refractivity contribution in [1.82, 2.24) is 9.97 Å². The molecule has 0 fully saturated rings. The molecule has 0 aliphatic rings. The molecule has 0 spiro atoms. The molecule has 1 heterocycles. The number of hydrogen-bond acceptors (Lipinski definition) is 5. The molecule has 1 atom stereocenters. The standard InChI is InChI=1S/C9H10N4OS/c1-11-8-7(4-3-5-10)6-12-9(13-8)15(2)14/h3-4,6H,1-2H3,(H,11,12,13). The second-order valence-corrected chi connectivity index (χ2v) is 3.90. The Morgan fingerprint density at radius 2 is 2.40 bits per heavy atom. The molecule has 0 amide bonds. The van der Waals surface area contributed by atoms with Gasteiger partial charge in [-0.2, -0.15) is 15.2 Å². The normalized spacial score (nSPS) is 12.4. The minimum absolute atomic E-state index is 0.272. The molecule has 78 valence electrons. The largest absolute Gasteiger partial charge is 0.609 e. The molecular formula is C9H10N4OS. The number of anilines is 1. The van der Waals surface area contributed by atoms with E-state index in [1.165, 1.54) is 18.5 Å². The Bertz CT molecular complexity index is 411. The molecular weight excluding hydrogens is 212 g/mol. The highest BCUT2D eigenvalue weighted by molar-refractivity contribution is 7.90. The summed E-state index contributed by atoms with van der Waals surface area (Å²) >= 11 is -1.21. The maximum Gasteiger partial charge on any atom is 0.344 e. The average Bonchev–Trinajstić information content (AvgIpc) is 2.25. The highest BCUT2D eigenvalue weighted by atomic mass is 32.2. The van der Waals surface area contributed by atoms with Crippen molar-refractivity contribution in [1.29, 1.82) is 5.26 Å². The fraction of sp³-hybridized carbons (Fsp3) is 0.222. The summed E-state index contributed by atoms with van der Waals surface area (Å²) in [5, 5.41) is 11.5. The van der Waals surface area contributed by atoms with Crippen LogP contribution in [-0.4, -0.2) is 27.8 Å². The van der Waals surface area contributed by atoms with Crippen LogP contribution in [0.2, 0.25) is 0 Å². The lowest BCUT2D eigenvalue weighted by molar-refractivity contribution is 0.592. The number of aromatic nitrogens is 2. The first-order valence-corrected chi connectivity index (χ1v) is 5.69. The zero-order valence-corrected chi connectivity index (χ0v) is 9.21. The summed E-state index contributed by atoms with van der Waals surface area (Å²) in [5.74, 6) is 0.557. The maximum absolute atomic E-state index is 11.1. The third kappa shape index (κ3) is 2.94. The van der Waals surface area contributed by atoms with Gasteiger partial charge in [0, 0.05) is 36.1 Å². The lowest BCUT2D eigenvalue weighted by Crippen LogP contribution is -2.07. The van der Waals surface area contributed by atoms with Crippen LogP contribution in [0.5, 0.6) is 0 Å². The number of nitriles is 1. The van der Waals surface area contributed by atoms with Crippen LogP contribution in [0.25, 0.3) is 6.08 Å². The maximum atomic E-state index is 11.1. The van der Waals surface area contributed by atoms with Gasteiger partial charge in [-0.1, -0.05) is 0 Å². The number of allylic oxidation sites excluding steroid dienone is 1. The molecule has 0 aliphatic heterocycles. The molecule has 0 aliphatic carbocycles. The Morgan fingerprint density at radius 3 is 2.93 bits per heavy atom. The van der Waals surface area contributed by atoms with Crippen LogP contribution in [0.3, 0.4) is 0 Å². The van der Waals surface area contributed by atoms with Crippen molar-refractivity contribution in [2.45, 2.75) is 5.16 Å². The van der Waals surface area contributed by atoms with E-state index in [-0.39, 0.29) is 5.16 Å². The zero-order chi connectivity index (χ0) is 11.3. The van der Waals surface area contributed by atoms with Gasteiger partial charge in [0.2, 0.25) is 0 Å². The minimum atomic E-state index is -1.21. The molecule has 0 saturated carbocycles. The number of hydrogen-bond donors (Lipinski definition) is 1. The van der Waals surface area contributed by atoms with E-state index in [1.807, 2.05) is 6.07 Å². The molecule has 1 rings (SSSR count). The van der Waals surface area contributed by atoms with Crippen molar-refractivity contribution >= 4 is 23.1 Å². The van der Waals surface area contributed by atoms with Crippen molar-refractivity contribution in [2.24, 2.45) is 0 Å². The van der Waals surface area contributed by atoms with Crippen LogP contribution in [0, 0.1) is 11.3 Å². The highest BCUT2D eigenvalue weighted by Crippen LogP contribution is 2.14. The summed E-state index contributed by atoms with van der Waals surface area (Å²) in [5.41, 5.74) is 0.688. The molecule has 15 heavy (non-hydrogen) atoms. The van der Waals surface area contributed by atoms with Gasteiger partial charge in [0.25, 0.3) is 0 Å². The van der Waals surface area contributed by atoms with E-state index in [2.05, 4.69) is 15.3 Å². The van der Waals surface area contributed by atoms with Gasteiger partial charge in [-0.3, -0.25) is 0 Å². The van der Waals surface area contributed by atoms with Gasteiger partial charge in [0.15, 0.2) is 0 Å². The molecule has 1 N–H and O–H groups in total. The number of nitrogens with one attached hydrogen (secondary N) is 1. The Morgan fingerprint density at radius 1 is 1.67 bits per heavy atom. The molecule has 6 heteroatoms. The van der Waals surface area contributed by atoms with Gasteiger partial charge in [0.1, 0.15) is 12.1 Å². The second kappa shape index (κ2) is 5.34. The summed E-state index contributed by atoms with van der Waals surface area (Å²) in [6, 6.07) is 1.88. The lowest BCUT2D eigenvalue weighted by atomic mass is 10.3. The third-order valence-electron chi connectivity index (χ3n) is 1.63. The Hall–Kier alpha value is -1.58. The van der Waals surface area contributed by atoms with E-state index in [1.54, 1.807) is 13.1 Å². The van der Waals surface area contributed by atoms with Gasteiger partial charge < -0.3 is 9.87 Å². The monoisotopic (exact) mass is 222 g/mol. The van der Waals surface area contributed by atoms with Crippen LogP contribution < -0.4 is 5.32 Å². The van der Waals surface area contributed by atoms with E-state index < -0.39 is 11.2 Å². The number of rotatable bonds is 3. The quantitative estimate of drug-likeness (QED) is 0.464. The summed E-state index contributed by atoms with van der Waals surface area (Å²) < 4.78 is 11.1. The molecule has 5 nitrogen and oxygen atoms in total. The van der Waals surface area contributed by atoms with Crippen molar-refractivity contribution in [3.63, 3.8) is 0 Å². The summed E-state index contributed by atoms with van der Waals surface area (Å²) in [6.45, 7) is 0. The Balaban J connectivity index is 3.10. The smallest absolute Gasteiger partial charge is 0.344 e. The molecule has 1 aromatic heterocycles. The van der Waals surface area contributed by atoms with Gasteiger partial charge in [-0.15, -0.1) is 0 Å².